The molecule has 0 aromatic carbocycles. The van der Waals surface area contributed by atoms with E-state index in [1.165, 1.54) is 25.7 Å². The lowest BCUT2D eigenvalue weighted by Gasteiger charge is -2.28. The third-order valence-corrected chi connectivity index (χ3v) is 7.42. The predicted molar refractivity (Wildman–Crippen MR) is 173 cm³/mol. The van der Waals surface area contributed by atoms with Crippen LogP contribution in [0.1, 0.15) is 83.6 Å². The van der Waals surface area contributed by atoms with Crippen molar-refractivity contribution in [2.24, 2.45) is 35.5 Å². The highest BCUT2D eigenvalue weighted by molar-refractivity contribution is 4.99. The van der Waals surface area contributed by atoms with Gasteiger partial charge in [0.25, 0.3) is 0 Å². The lowest BCUT2D eigenvalue weighted by Crippen LogP contribution is -2.37. The van der Waals surface area contributed by atoms with E-state index in [0.717, 1.165) is 32.8 Å². The summed E-state index contributed by atoms with van der Waals surface area (Å²) in [5.41, 5.74) is 0. The molecule has 38 heavy (non-hydrogen) atoms. The molecule has 0 amide bonds. The van der Waals surface area contributed by atoms with Gasteiger partial charge in [-0.15, -0.1) is 26.3 Å². The SMILES string of the molecule is C.C.C.C.C.C.C=CC1CC(C=C)C(COC2COC2)C1.C=CC1CC(C=C)C(COCC(CC)OC)C1. The van der Waals surface area contributed by atoms with Gasteiger partial charge in [-0.05, 0) is 67.6 Å². The fourth-order valence-corrected chi connectivity index (χ4v) is 5.02. The van der Waals surface area contributed by atoms with Crippen LogP contribution in [0.2, 0.25) is 0 Å². The van der Waals surface area contributed by atoms with E-state index in [0.29, 0.717) is 48.2 Å². The smallest absolute Gasteiger partial charge is 0.104 e. The first-order valence-corrected chi connectivity index (χ1v) is 12.4. The Morgan fingerprint density at radius 2 is 1.21 bits per heavy atom. The molecule has 2 saturated carbocycles. The number of ether oxygens (including phenoxy) is 4. The molecule has 1 aliphatic heterocycles. The van der Waals surface area contributed by atoms with Gasteiger partial charge in [0, 0.05) is 7.11 Å². The molecule has 0 bridgehead atoms. The Kier molecular flexibility index (Phi) is 32.0. The molecule has 0 aromatic heterocycles. The van der Waals surface area contributed by atoms with E-state index in [1.807, 2.05) is 0 Å². The minimum atomic E-state index is 0. The van der Waals surface area contributed by atoms with Crippen molar-refractivity contribution in [1.82, 2.24) is 0 Å². The fraction of sp³-hybridized carbons (Fsp3) is 0.765. The highest BCUT2D eigenvalue weighted by atomic mass is 16.6. The molecule has 0 N–H and O–H groups in total. The highest BCUT2D eigenvalue weighted by Crippen LogP contribution is 2.38. The summed E-state index contributed by atoms with van der Waals surface area (Å²) in [4.78, 5) is 0. The molecule has 7 unspecified atom stereocenters. The molecule has 3 fully saturated rings. The molecule has 0 radical (unpaired) electrons. The zero-order chi connectivity index (χ0) is 23.3. The molecule has 4 heteroatoms. The number of rotatable bonds is 13. The minimum absolute atomic E-state index is 0. The van der Waals surface area contributed by atoms with E-state index < -0.39 is 0 Å². The maximum absolute atomic E-state index is 5.78. The summed E-state index contributed by atoms with van der Waals surface area (Å²) in [6.45, 7) is 21.6. The van der Waals surface area contributed by atoms with Gasteiger partial charge in [-0.3, -0.25) is 0 Å². The van der Waals surface area contributed by atoms with Crippen LogP contribution in [0.5, 0.6) is 0 Å². The van der Waals surface area contributed by atoms with Gasteiger partial charge in [0.1, 0.15) is 6.10 Å². The number of methoxy groups -OCH3 is 1. The van der Waals surface area contributed by atoms with Gasteiger partial charge in [0.2, 0.25) is 0 Å². The summed E-state index contributed by atoms with van der Waals surface area (Å²) >= 11 is 0. The van der Waals surface area contributed by atoms with Crippen molar-refractivity contribution in [3.63, 3.8) is 0 Å². The zero-order valence-corrected chi connectivity index (χ0v) is 20.5. The van der Waals surface area contributed by atoms with Gasteiger partial charge >= 0.3 is 0 Å². The predicted octanol–water partition coefficient (Wildman–Crippen LogP) is 9.68. The summed E-state index contributed by atoms with van der Waals surface area (Å²) in [6.07, 6.45) is 14.6. The fourth-order valence-electron chi connectivity index (χ4n) is 5.02. The van der Waals surface area contributed by atoms with Crippen LogP contribution >= 0.6 is 0 Å². The molecule has 3 aliphatic rings. The van der Waals surface area contributed by atoms with Gasteiger partial charge in [-0.1, -0.05) is 75.8 Å². The van der Waals surface area contributed by atoms with Crippen LogP contribution in [-0.2, 0) is 18.9 Å². The van der Waals surface area contributed by atoms with Gasteiger partial charge in [-0.2, -0.15) is 0 Å². The molecule has 1 heterocycles. The average Bonchev–Trinajstić information content (AvgIpc) is 3.39. The van der Waals surface area contributed by atoms with Gasteiger partial charge in [0.15, 0.2) is 0 Å². The Morgan fingerprint density at radius 3 is 1.55 bits per heavy atom. The maximum Gasteiger partial charge on any atom is 0.104 e. The Morgan fingerprint density at radius 1 is 0.737 bits per heavy atom. The van der Waals surface area contributed by atoms with Crippen molar-refractivity contribution in [2.45, 2.75) is 95.8 Å². The van der Waals surface area contributed by atoms with Gasteiger partial charge < -0.3 is 18.9 Å². The van der Waals surface area contributed by atoms with Crippen molar-refractivity contribution in [2.75, 3.05) is 40.1 Å². The Labute approximate surface area is 241 Å². The lowest BCUT2D eigenvalue weighted by atomic mass is 9.97. The topological polar surface area (TPSA) is 36.9 Å². The van der Waals surface area contributed by atoms with E-state index >= 15 is 0 Å². The quantitative estimate of drug-likeness (QED) is 0.217. The van der Waals surface area contributed by atoms with Crippen LogP contribution in [0.25, 0.3) is 0 Å². The maximum atomic E-state index is 5.78. The Bertz CT molecular complexity index is 567. The Hall–Kier alpha value is -1.20. The van der Waals surface area contributed by atoms with Crippen LogP contribution in [0.4, 0.5) is 0 Å². The van der Waals surface area contributed by atoms with E-state index in [2.05, 4.69) is 57.5 Å². The van der Waals surface area contributed by atoms with Gasteiger partial charge in [-0.25, -0.2) is 0 Å². The average molecular weight is 543 g/mol. The molecule has 2 aliphatic carbocycles. The summed E-state index contributed by atoms with van der Waals surface area (Å²) in [5.74, 6) is 3.71. The second-order valence-corrected chi connectivity index (χ2v) is 9.55. The second kappa shape index (κ2) is 26.0. The van der Waals surface area contributed by atoms with Crippen molar-refractivity contribution < 1.29 is 18.9 Å². The summed E-state index contributed by atoms with van der Waals surface area (Å²) in [7, 11) is 1.74. The molecule has 0 spiro atoms. The molecule has 4 nitrogen and oxygen atoms in total. The van der Waals surface area contributed by atoms with Crippen molar-refractivity contribution in [3.05, 3.63) is 50.6 Å². The van der Waals surface area contributed by atoms with Crippen LogP contribution in [-0.4, -0.2) is 52.4 Å². The summed E-state index contributed by atoms with van der Waals surface area (Å²) in [5, 5.41) is 0. The van der Waals surface area contributed by atoms with E-state index in [1.54, 1.807) is 7.11 Å². The van der Waals surface area contributed by atoms with Crippen LogP contribution in [0.3, 0.4) is 0 Å². The van der Waals surface area contributed by atoms with Crippen LogP contribution in [0.15, 0.2) is 50.6 Å². The number of hydrogen-bond acceptors (Lipinski definition) is 4. The molecule has 0 aromatic rings. The van der Waals surface area contributed by atoms with Crippen molar-refractivity contribution in [3.8, 4) is 0 Å². The van der Waals surface area contributed by atoms with E-state index in [9.17, 15) is 0 Å². The highest BCUT2D eigenvalue weighted by Gasteiger charge is 2.32. The molecular formula is C34H70O4. The monoisotopic (exact) mass is 543 g/mol. The molecule has 1 saturated heterocycles. The molecule has 3 rings (SSSR count). The zero-order valence-electron chi connectivity index (χ0n) is 20.5. The molecular weight excluding hydrogens is 472 g/mol. The first-order valence-electron chi connectivity index (χ1n) is 12.4. The number of allylic oxidation sites excluding steroid dienone is 4. The second-order valence-electron chi connectivity index (χ2n) is 9.55. The van der Waals surface area contributed by atoms with Gasteiger partial charge in [0.05, 0.1) is 39.1 Å². The van der Waals surface area contributed by atoms with E-state index in [4.69, 9.17) is 18.9 Å². The third-order valence-electron chi connectivity index (χ3n) is 7.42. The Balaban J connectivity index is -0.000000166. The summed E-state index contributed by atoms with van der Waals surface area (Å²) in [6, 6.07) is 0. The van der Waals surface area contributed by atoms with Crippen molar-refractivity contribution in [1.29, 1.82) is 0 Å². The van der Waals surface area contributed by atoms with E-state index in [-0.39, 0.29) is 50.7 Å². The largest absolute Gasteiger partial charge is 0.379 e. The number of hydrogen-bond donors (Lipinski definition) is 0. The van der Waals surface area contributed by atoms with Crippen LogP contribution in [0, 0.1) is 35.5 Å². The third kappa shape index (κ3) is 14.8. The standard InChI is InChI=1S/C15H26O2.C13H20O2.6CH4/c1-5-12-8-13(6-2)14(9-12)10-17-11-15(7-3)16-4;1-3-10-5-11(4-2)12(6-10)7-15-13-8-14-9-13;;;;;;/h5-6,12-15H,1-2,7-11H2,3-4H3;3-4,10-13H,1-2,5-9H2;6*1H4. The normalized spacial score (nSPS) is 27.7. The molecule has 7 atom stereocenters. The molecule has 230 valence electrons. The lowest BCUT2D eigenvalue weighted by molar-refractivity contribution is -0.137. The first-order chi connectivity index (χ1) is 15.6. The van der Waals surface area contributed by atoms with Crippen LogP contribution < -0.4 is 0 Å². The first kappa shape index (κ1) is 46.6. The van der Waals surface area contributed by atoms with Crippen molar-refractivity contribution >= 4 is 0 Å². The minimum Gasteiger partial charge on any atom is -0.379 e. The summed E-state index contributed by atoms with van der Waals surface area (Å²) < 4.78 is 21.9.